The minimum Gasteiger partial charge on any atom is -0.508 e. The van der Waals surface area contributed by atoms with Crippen molar-refractivity contribution in [1.82, 2.24) is 10.2 Å². The van der Waals surface area contributed by atoms with Crippen molar-refractivity contribution in [3.8, 4) is 5.75 Å². The highest BCUT2D eigenvalue weighted by molar-refractivity contribution is 5.27. The molecule has 1 aromatic carbocycles. The van der Waals surface area contributed by atoms with E-state index in [1.807, 2.05) is 12.1 Å². The molecule has 1 saturated heterocycles. The van der Waals surface area contributed by atoms with Gasteiger partial charge in [-0.3, -0.25) is 0 Å². The molecule has 0 aromatic heterocycles. The molecule has 1 fully saturated rings. The van der Waals surface area contributed by atoms with Gasteiger partial charge in [0.2, 0.25) is 0 Å². The van der Waals surface area contributed by atoms with Crippen LogP contribution in [0, 0.1) is 0 Å². The van der Waals surface area contributed by atoms with Crippen molar-refractivity contribution in [2.45, 2.75) is 44.7 Å². The first-order valence-electron chi connectivity index (χ1n) is 7.43. The molecule has 1 aliphatic heterocycles. The van der Waals surface area contributed by atoms with Gasteiger partial charge in [-0.05, 0) is 50.6 Å². The zero-order valence-corrected chi connectivity index (χ0v) is 12.1. The average molecular weight is 262 g/mol. The maximum atomic E-state index is 9.35. The molecule has 106 valence electrons. The van der Waals surface area contributed by atoms with Gasteiger partial charge in [0.05, 0.1) is 0 Å². The molecule has 3 heteroatoms. The predicted molar refractivity (Wildman–Crippen MR) is 79.4 cm³/mol. The molecule has 2 rings (SSSR count). The number of phenols is 1. The van der Waals surface area contributed by atoms with Gasteiger partial charge < -0.3 is 15.3 Å². The number of phenolic OH excluding ortho intramolecular Hbond substituents is 1. The highest BCUT2D eigenvalue weighted by Gasteiger charge is 2.19. The van der Waals surface area contributed by atoms with Crippen molar-refractivity contribution in [3.05, 3.63) is 29.8 Å². The Kier molecular flexibility index (Phi) is 5.23. The van der Waals surface area contributed by atoms with E-state index in [2.05, 4.69) is 24.2 Å². The number of aromatic hydroxyl groups is 1. The first-order chi connectivity index (χ1) is 9.20. The van der Waals surface area contributed by atoms with Gasteiger partial charge in [0.1, 0.15) is 5.75 Å². The molecule has 2 unspecified atom stereocenters. The van der Waals surface area contributed by atoms with Crippen molar-refractivity contribution < 1.29 is 5.11 Å². The molecule has 0 bridgehead atoms. The van der Waals surface area contributed by atoms with Gasteiger partial charge in [0.25, 0.3) is 0 Å². The van der Waals surface area contributed by atoms with E-state index in [0.29, 0.717) is 17.8 Å². The van der Waals surface area contributed by atoms with Crippen LogP contribution in [0.1, 0.15) is 44.2 Å². The molecule has 0 spiro atoms. The van der Waals surface area contributed by atoms with E-state index >= 15 is 0 Å². The van der Waals surface area contributed by atoms with E-state index in [-0.39, 0.29) is 0 Å². The third-order valence-corrected chi connectivity index (χ3v) is 4.23. The van der Waals surface area contributed by atoms with Crippen LogP contribution < -0.4 is 5.32 Å². The van der Waals surface area contributed by atoms with Crippen LogP contribution in [0.15, 0.2) is 24.3 Å². The van der Waals surface area contributed by atoms with E-state index in [0.717, 1.165) is 13.0 Å². The van der Waals surface area contributed by atoms with Gasteiger partial charge >= 0.3 is 0 Å². The lowest BCUT2D eigenvalue weighted by Gasteiger charge is -2.33. The minimum absolute atomic E-state index is 0.339. The van der Waals surface area contributed by atoms with Gasteiger partial charge in [-0.2, -0.15) is 0 Å². The van der Waals surface area contributed by atoms with E-state index < -0.39 is 0 Å². The summed E-state index contributed by atoms with van der Waals surface area (Å²) in [6, 6.07) is 8.62. The molecule has 1 aliphatic rings. The molecule has 1 aromatic rings. The number of piperidine rings is 1. The van der Waals surface area contributed by atoms with Crippen LogP contribution >= 0.6 is 0 Å². The van der Waals surface area contributed by atoms with E-state index in [4.69, 9.17) is 0 Å². The maximum absolute atomic E-state index is 9.35. The molecular weight excluding hydrogens is 236 g/mol. The monoisotopic (exact) mass is 262 g/mol. The van der Waals surface area contributed by atoms with Crippen molar-refractivity contribution >= 4 is 0 Å². The van der Waals surface area contributed by atoms with Crippen LogP contribution in [-0.2, 0) is 0 Å². The largest absolute Gasteiger partial charge is 0.508 e. The lowest BCUT2D eigenvalue weighted by Crippen LogP contribution is -2.43. The van der Waals surface area contributed by atoms with Crippen LogP contribution in [0.4, 0.5) is 0 Å². The lowest BCUT2D eigenvalue weighted by molar-refractivity contribution is 0.177. The number of nitrogens with one attached hydrogen (secondary N) is 1. The number of rotatable bonds is 5. The number of likely N-dealkylation sites (tertiary alicyclic amines) is 1. The molecule has 0 aliphatic carbocycles. The number of hydrogen-bond acceptors (Lipinski definition) is 3. The van der Waals surface area contributed by atoms with Crippen LogP contribution in [-0.4, -0.2) is 36.2 Å². The third kappa shape index (κ3) is 3.95. The number of nitrogens with zero attached hydrogens (tertiary/aromatic N) is 1. The summed E-state index contributed by atoms with van der Waals surface area (Å²) in [5.74, 6) is 0.339. The van der Waals surface area contributed by atoms with E-state index in [9.17, 15) is 5.11 Å². The quantitative estimate of drug-likeness (QED) is 0.856. The minimum atomic E-state index is 0.339. The third-order valence-electron chi connectivity index (χ3n) is 4.23. The second kappa shape index (κ2) is 6.92. The molecule has 0 amide bonds. The molecule has 19 heavy (non-hydrogen) atoms. The van der Waals surface area contributed by atoms with Crippen molar-refractivity contribution in [2.24, 2.45) is 0 Å². The number of benzene rings is 1. The Morgan fingerprint density at radius 1 is 1.32 bits per heavy atom. The summed E-state index contributed by atoms with van der Waals surface area (Å²) in [6.45, 7) is 4.48. The Morgan fingerprint density at radius 3 is 2.68 bits per heavy atom. The highest BCUT2D eigenvalue weighted by Crippen LogP contribution is 2.21. The predicted octanol–water partition coefficient (Wildman–Crippen LogP) is 2.92. The molecule has 1 heterocycles. The normalized spacial score (nSPS) is 22.3. The molecule has 0 saturated carbocycles. The van der Waals surface area contributed by atoms with Crippen LogP contribution in [0.5, 0.6) is 5.75 Å². The van der Waals surface area contributed by atoms with E-state index in [1.54, 1.807) is 12.1 Å². The van der Waals surface area contributed by atoms with Gasteiger partial charge in [0, 0.05) is 18.6 Å². The van der Waals surface area contributed by atoms with Gasteiger partial charge in [-0.15, -0.1) is 0 Å². The second-order valence-corrected chi connectivity index (χ2v) is 5.59. The van der Waals surface area contributed by atoms with Crippen molar-refractivity contribution in [1.29, 1.82) is 0 Å². The Bertz CT molecular complexity index is 377. The van der Waals surface area contributed by atoms with Crippen LogP contribution in [0.25, 0.3) is 0 Å². The standard InChI is InChI=1S/C16H26N2O/c1-3-16(13-7-9-15(19)10-8-13)17-12-14-6-4-5-11-18(14)2/h7-10,14,16-17,19H,3-6,11-12H2,1-2H3. The van der Waals surface area contributed by atoms with Crippen molar-refractivity contribution in [3.63, 3.8) is 0 Å². The molecule has 0 radical (unpaired) electrons. The Morgan fingerprint density at radius 2 is 2.05 bits per heavy atom. The summed E-state index contributed by atoms with van der Waals surface area (Å²) in [7, 11) is 2.23. The maximum Gasteiger partial charge on any atom is 0.115 e. The molecular formula is C16H26N2O. The summed E-state index contributed by atoms with van der Waals surface area (Å²) in [5.41, 5.74) is 1.26. The summed E-state index contributed by atoms with van der Waals surface area (Å²) in [5, 5.41) is 13.0. The van der Waals surface area contributed by atoms with Gasteiger partial charge in [0.15, 0.2) is 0 Å². The summed E-state index contributed by atoms with van der Waals surface area (Å²) in [4.78, 5) is 2.47. The number of likely N-dealkylation sites (N-methyl/N-ethyl adjacent to an activating group) is 1. The lowest BCUT2D eigenvalue weighted by atomic mass is 10.0. The molecule has 3 nitrogen and oxygen atoms in total. The van der Waals surface area contributed by atoms with Gasteiger partial charge in [-0.1, -0.05) is 25.5 Å². The fourth-order valence-corrected chi connectivity index (χ4v) is 2.88. The molecule has 2 N–H and O–H groups in total. The fourth-order valence-electron chi connectivity index (χ4n) is 2.88. The van der Waals surface area contributed by atoms with Gasteiger partial charge in [-0.25, -0.2) is 0 Å². The van der Waals surface area contributed by atoms with E-state index in [1.165, 1.54) is 31.4 Å². The van der Waals surface area contributed by atoms with Crippen molar-refractivity contribution in [2.75, 3.05) is 20.1 Å². The van der Waals surface area contributed by atoms with Crippen LogP contribution in [0.3, 0.4) is 0 Å². The average Bonchev–Trinajstić information content (AvgIpc) is 2.43. The second-order valence-electron chi connectivity index (χ2n) is 5.59. The zero-order chi connectivity index (χ0) is 13.7. The smallest absolute Gasteiger partial charge is 0.115 e. The Hall–Kier alpha value is -1.06. The Balaban J connectivity index is 1.90. The fraction of sp³-hybridized carbons (Fsp3) is 0.625. The number of hydrogen-bond donors (Lipinski definition) is 2. The van der Waals surface area contributed by atoms with Crippen LogP contribution in [0.2, 0.25) is 0 Å². The summed E-state index contributed by atoms with van der Waals surface area (Å²) >= 11 is 0. The SMILES string of the molecule is CCC(NCC1CCCCN1C)c1ccc(O)cc1. The molecule has 2 atom stereocenters. The summed E-state index contributed by atoms with van der Waals surface area (Å²) in [6.07, 6.45) is 5.06. The first kappa shape index (κ1) is 14.4. The Labute approximate surface area is 116 Å². The topological polar surface area (TPSA) is 35.5 Å². The highest BCUT2D eigenvalue weighted by atomic mass is 16.3. The first-order valence-corrected chi connectivity index (χ1v) is 7.43. The zero-order valence-electron chi connectivity index (χ0n) is 12.1. The summed E-state index contributed by atoms with van der Waals surface area (Å²) < 4.78 is 0.